The molecule has 0 radical (unpaired) electrons. The molecule has 0 fully saturated rings. The number of para-hydroxylation sites is 1. The minimum atomic E-state index is -0.258. The van der Waals surface area contributed by atoms with Crippen LogP contribution < -0.4 is 14.5 Å². The van der Waals surface area contributed by atoms with E-state index < -0.39 is 0 Å². The number of carbonyl (C=O) groups excluding carboxylic acids is 1. The lowest BCUT2D eigenvalue weighted by Gasteiger charge is -2.08. The van der Waals surface area contributed by atoms with Gasteiger partial charge in [0.2, 0.25) is 12.1 Å². The molecule has 140 valence electrons. The monoisotopic (exact) mass is 367 g/mol. The number of amides is 1. The molecule has 3 rings (SSSR count). The van der Waals surface area contributed by atoms with Crippen LogP contribution in [0.15, 0.2) is 48.5 Å². The van der Waals surface area contributed by atoms with Crippen molar-refractivity contribution in [1.82, 2.24) is 0 Å². The first-order chi connectivity index (χ1) is 12.9. The van der Waals surface area contributed by atoms with Crippen molar-refractivity contribution in [3.63, 3.8) is 0 Å². The normalized spacial score (nSPS) is 11.1. The molecule has 3 aromatic rings. The number of benzene rings is 2. The molecule has 0 unspecified atom stereocenters. The van der Waals surface area contributed by atoms with E-state index >= 15 is 0 Å². The molecule has 1 amide bonds. The van der Waals surface area contributed by atoms with Crippen LogP contribution in [0.2, 0.25) is 0 Å². The van der Waals surface area contributed by atoms with Crippen LogP contribution in [-0.2, 0) is 17.9 Å². The van der Waals surface area contributed by atoms with E-state index in [0.717, 1.165) is 0 Å². The summed E-state index contributed by atoms with van der Waals surface area (Å²) in [6.07, 6.45) is 0. The predicted octanol–water partition coefficient (Wildman–Crippen LogP) is 2.61. The molecule has 1 heterocycles. The summed E-state index contributed by atoms with van der Waals surface area (Å²) in [7, 11) is 0. The highest BCUT2D eigenvalue weighted by molar-refractivity contribution is 5.90. The second-order valence-corrected chi connectivity index (χ2v) is 6.80. The SMILES string of the molecule is CC[n+]1c(O)c2ccccc2[n+](CC(=O)Nc2ccc(C(C)C)cc2)c1O. The Morgan fingerprint density at radius 2 is 1.70 bits per heavy atom. The number of nitrogens with zero attached hydrogens (tertiary/aromatic N) is 2. The van der Waals surface area contributed by atoms with Crippen LogP contribution in [0.4, 0.5) is 5.69 Å². The highest BCUT2D eigenvalue weighted by Gasteiger charge is 2.33. The second kappa shape index (κ2) is 7.61. The summed E-state index contributed by atoms with van der Waals surface area (Å²) in [6, 6.07) is 14.7. The molecule has 0 atom stereocenters. The number of rotatable bonds is 5. The molecule has 6 heteroatoms. The number of anilines is 1. The largest absolute Gasteiger partial charge is 0.632 e. The number of carbonyl (C=O) groups is 1. The third-order valence-corrected chi connectivity index (χ3v) is 4.65. The van der Waals surface area contributed by atoms with Crippen molar-refractivity contribution >= 4 is 22.5 Å². The number of hydrogen-bond acceptors (Lipinski definition) is 3. The Labute approximate surface area is 158 Å². The fraction of sp³-hybridized carbons (Fsp3) is 0.286. The van der Waals surface area contributed by atoms with Gasteiger partial charge in [-0.2, -0.15) is 0 Å². The molecule has 0 saturated carbocycles. The highest BCUT2D eigenvalue weighted by atomic mass is 16.3. The molecule has 0 bridgehead atoms. The van der Waals surface area contributed by atoms with Crippen LogP contribution in [0, 0.1) is 0 Å². The summed E-state index contributed by atoms with van der Waals surface area (Å²) < 4.78 is 2.86. The molecule has 2 aromatic carbocycles. The summed E-state index contributed by atoms with van der Waals surface area (Å²) in [4.78, 5) is 12.6. The Bertz CT molecular complexity index is 982. The Hall–Kier alpha value is -3.15. The zero-order chi connectivity index (χ0) is 19.6. The van der Waals surface area contributed by atoms with Crippen LogP contribution in [0.1, 0.15) is 32.3 Å². The maximum atomic E-state index is 12.6. The van der Waals surface area contributed by atoms with E-state index in [1.165, 1.54) is 14.7 Å². The summed E-state index contributed by atoms with van der Waals surface area (Å²) in [5, 5.41) is 24.4. The van der Waals surface area contributed by atoms with E-state index in [1.807, 2.05) is 31.2 Å². The van der Waals surface area contributed by atoms with Gasteiger partial charge < -0.3 is 15.5 Å². The Balaban J connectivity index is 1.90. The van der Waals surface area contributed by atoms with Gasteiger partial charge >= 0.3 is 11.9 Å². The van der Waals surface area contributed by atoms with Crippen LogP contribution in [0.3, 0.4) is 0 Å². The van der Waals surface area contributed by atoms with Crippen molar-refractivity contribution in [1.29, 1.82) is 0 Å². The van der Waals surface area contributed by atoms with Crippen LogP contribution in [0.5, 0.6) is 11.9 Å². The lowest BCUT2D eigenvalue weighted by Crippen LogP contribution is -2.50. The number of fused-ring (bicyclic) bond motifs is 1. The summed E-state index contributed by atoms with van der Waals surface area (Å²) in [5.41, 5.74) is 2.49. The van der Waals surface area contributed by atoms with Gasteiger partial charge in [0.05, 0.1) is 0 Å². The molecule has 3 N–H and O–H groups in total. The Morgan fingerprint density at radius 1 is 1.04 bits per heavy atom. The van der Waals surface area contributed by atoms with E-state index in [1.54, 1.807) is 24.3 Å². The predicted molar refractivity (Wildman–Crippen MR) is 103 cm³/mol. The number of aromatic nitrogens is 2. The first kappa shape index (κ1) is 18.6. The number of nitrogens with one attached hydrogen (secondary N) is 1. The summed E-state index contributed by atoms with van der Waals surface area (Å²) in [5.74, 6) is 0.146. The van der Waals surface area contributed by atoms with Gasteiger partial charge in [-0.05, 0) is 36.6 Å². The minimum Gasteiger partial charge on any atom is -0.459 e. The van der Waals surface area contributed by atoms with Gasteiger partial charge in [-0.25, -0.2) is 0 Å². The molecule has 0 aliphatic carbocycles. The van der Waals surface area contributed by atoms with E-state index in [9.17, 15) is 15.0 Å². The van der Waals surface area contributed by atoms with Crippen LogP contribution in [0.25, 0.3) is 10.9 Å². The van der Waals surface area contributed by atoms with Gasteiger partial charge in [0.25, 0.3) is 5.91 Å². The van der Waals surface area contributed by atoms with Gasteiger partial charge in [0, 0.05) is 11.8 Å². The Kier molecular flexibility index (Phi) is 5.26. The Morgan fingerprint density at radius 3 is 2.33 bits per heavy atom. The standard InChI is InChI=1S/C21H23N3O3/c1-4-23-20(26)17-7-5-6-8-18(17)24(21(23)27)13-19(25)22-16-11-9-15(10-12-16)14(2)3/h5-12,14H,4,13H2,1-3H3,(H,22,25)/p+2. The van der Waals surface area contributed by atoms with Gasteiger partial charge in [-0.1, -0.05) is 47.2 Å². The summed E-state index contributed by atoms with van der Waals surface area (Å²) >= 11 is 0. The maximum absolute atomic E-state index is 12.6. The molecule has 0 saturated heterocycles. The van der Waals surface area contributed by atoms with Gasteiger partial charge in [-0.15, -0.1) is 0 Å². The first-order valence-corrected chi connectivity index (χ1v) is 9.08. The topological polar surface area (TPSA) is 77.3 Å². The fourth-order valence-corrected chi connectivity index (χ4v) is 3.13. The van der Waals surface area contributed by atoms with Gasteiger partial charge in [0.1, 0.15) is 0 Å². The third kappa shape index (κ3) is 3.69. The van der Waals surface area contributed by atoms with Gasteiger partial charge in [-0.3, -0.25) is 4.79 Å². The third-order valence-electron chi connectivity index (χ3n) is 4.65. The van der Waals surface area contributed by atoms with Crippen molar-refractivity contribution in [2.24, 2.45) is 0 Å². The lowest BCUT2D eigenvalue weighted by molar-refractivity contribution is -0.815. The van der Waals surface area contributed by atoms with Crippen molar-refractivity contribution in [3.05, 3.63) is 54.1 Å². The van der Waals surface area contributed by atoms with E-state index in [4.69, 9.17) is 0 Å². The zero-order valence-electron chi connectivity index (χ0n) is 15.8. The molecule has 0 aliphatic rings. The van der Waals surface area contributed by atoms with E-state index in [0.29, 0.717) is 29.1 Å². The van der Waals surface area contributed by atoms with Crippen molar-refractivity contribution in [2.45, 2.75) is 39.8 Å². The molecule has 0 aliphatic heterocycles. The smallest absolute Gasteiger partial charge is 0.459 e. The lowest BCUT2D eigenvalue weighted by atomic mass is 10.0. The van der Waals surface area contributed by atoms with Crippen molar-refractivity contribution in [2.75, 3.05) is 5.32 Å². The fourth-order valence-electron chi connectivity index (χ4n) is 3.13. The van der Waals surface area contributed by atoms with Crippen LogP contribution in [-0.4, -0.2) is 16.1 Å². The molecule has 27 heavy (non-hydrogen) atoms. The quantitative estimate of drug-likeness (QED) is 0.607. The molecular formula is C21H25N3O3+2. The molecular weight excluding hydrogens is 342 g/mol. The average molecular weight is 367 g/mol. The maximum Gasteiger partial charge on any atom is 0.632 e. The molecule has 1 aromatic heterocycles. The summed E-state index contributed by atoms with van der Waals surface area (Å²) in [6.45, 7) is 6.35. The first-order valence-electron chi connectivity index (χ1n) is 9.08. The van der Waals surface area contributed by atoms with Crippen molar-refractivity contribution < 1.29 is 24.1 Å². The minimum absolute atomic E-state index is 0.0217. The van der Waals surface area contributed by atoms with Crippen LogP contribution >= 0.6 is 0 Å². The van der Waals surface area contributed by atoms with Crippen molar-refractivity contribution in [3.8, 4) is 11.9 Å². The van der Waals surface area contributed by atoms with E-state index in [2.05, 4.69) is 19.2 Å². The average Bonchev–Trinajstić information content (AvgIpc) is 2.66. The number of hydrogen-bond donors (Lipinski definition) is 3. The number of aromatic hydroxyl groups is 2. The highest BCUT2D eigenvalue weighted by Crippen LogP contribution is 2.20. The van der Waals surface area contributed by atoms with E-state index in [-0.39, 0.29) is 24.3 Å². The second-order valence-electron chi connectivity index (χ2n) is 6.80. The van der Waals surface area contributed by atoms with Gasteiger partial charge in [0.15, 0.2) is 11.9 Å². The molecule has 0 spiro atoms. The zero-order valence-corrected chi connectivity index (χ0v) is 15.8. The molecule has 6 nitrogen and oxygen atoms in total.